The number of methoxy groups -OCH3 is 1. The molecule has 0 N–H and O–H groups in total. The number of hydrogen-bond donors (Lipinski definition) is 0. The summed E-state index contributed by atoms with van der Waals surface area (Å²) in [6.45, 7) is 4.10. The number of alkyl halides is 1. The van der Waals surface area contributed by atoms with Gasteiger partial charge in [-0.05, 0) is 13.0 Å². The molecule has 5 heteroatoms. The van der Waals surface area contributed by atoms with Crippen LogP contribution in [0.2, 0.25) is 0 Å². The van der Waals surface area contributed by atoms with Crippen LogP contribution in [0.15, 0.2) is 18.2 Å². The Labute approximate surface area is 118 Å². The van der Waals surface area contributed by atoms with Gasteiger partial charge in [-0.1, -0.05) is 6.07 Å². The molecule has 1 fully saturated rings. The lowest BCUT2D eigenvalue weighted by Gasteiger charge is -2.36. The van der Waals surface area contributed by atoms with Crippen LogP contribution in [0.4, 0.5) is 4.39 Å². The maximum absolute atomic E-state index is 13.9. The highest BCUT2D eigenvalue weighted by Crippen LogP contribution is 2.20. The fourth-order valence-corrected chi connectivity index (χ4v) is 2.55. The summed E-state index contributed by atoms with van der Waals surface area (Å²) in [5.41, 5.74) is 0.670. The van der Waals surface area contributed by atoms with E-state index in [0.717, 1.165) is 13.1 Å². The lowest BCUT2D eigenvalue weighted by Crippen LogP contribution is -2.46. The van der Waals surface area contributed by atoms with Crippen LogP contribution in [0.25, 0.3) is 0 Å². The number of nitrogens with zero attached hydrogens (tertiary/aromatic N) is 1. The molecule has 0 saturated carbocycles. The molecule has 2 rings (SSSR count). The van der Waals surface area contributed by atoms with E-state index in [0.29, 0.717) is 23.7 Å². The molecule has 1 saturated heterocycles. The van der Waals surface area contributed by atoms with Crippen LogP contribution < -0.4 is 4.74 Å². The summed E-state index contributed by atoms with van der Waals surface area (Å²) in [6.07, 6.45) is 0.144. The Morgan fingerprint density at radius 2 is 2.26 bits per heavy atom. The van der Waals surface area contributed by atoms with Crippen molar-refractivity contribution in [1.82, 2.24) is 4.90 Å². The Morgan fingerprint density at radius 1 is 1.47 bits per heavy atom. The lowest BCUT2D eigenvalue weighted by atomic mass is 10.1. The average molecular weight is 288 g/mol. The van der Waals surface area contributed by atoms with Crippen molar-refractivity contribution in [2.24, 2.45) is 0 Å². The average Bonchev–Trinajstić information content (AvgIpc) is 2.40. The van der Waals surface area contributed by atoms with Crippen molar-refractivity contribution in [2.45, 2.75) is 25.7 Å². The van der Waals surface area contributed by atoms with Crippen molar-refractivity contribution < 1.29 is 13.9 Å². The summed E-state index contributed by atoms with van der Waals surface area (Å²) >= 11 is 5.84. The van der Waals surface area contributed by atoms with Gasteiger partial charge in [0.25, 0.3) is 0 Å². The summed E-state index contributed by atoms with van der Waals surface area (Å²) in [6, 6.07) is 4.96. The molecular weight excluding hydrogens is 269 g/mol. The fourth-order valence-electron chi connectivity index (χ4n) is 2.38. The summed E-state index contributed by atoms with van der Waals surface area (Å²) in [5.74, 6) is 0.766. The number of ether oxygens (including phenoxy) is 2. The molecule has 1 aromatic carbocycles. The zero-order valence-electron chi connectivity index (χ0n) is 11.2. The monoisotopic (exact) mass is 287 g/mol. The smallest absolute Gasteiger partial charge is 0.131 e. The third-order valence-corrected chi connectivity index (χ3v) is 3.57. The zero-order chi connectivity index (χ0) is 13.8. The van der Waals surface area contributed by atoms with Gasteiger partial charge in [-0.2, -0.15) is 0 Å². The van der Waals surface area contributed by atoms with E-state index in [-0.39, 0.29) is 18.0 Å². The first-order valence-corrected chi connectivity index (χ1v) is 6.92. The normalized spacial score (nSPS) is 24.4. The predicted octanol–water partition coefficient (Wildman–Crippen LogP) is 2.66. The Bertz CT molecular complexity index is 430. The molecule has 1 aliphatic rings. The van der Waals surface area contributed by atoms with Gasteiger partial charge in [0.1, 0.15) is 11.6 Å². The van der Waals surface area contributed by atoms with E-state index in [1.165, 1.54) is 13.2 Å². The van der Waals surface area contributed by atoms with Crippen LogP contribution >= 0.6 is 11.6 Å². The first-order valence-electron chi connectivity index (χ1n) is 6.38. The molecule has 3 nitrogen and oxygen atoms in total. The Morgan fingerprint density at radius 3 is 2.89 bits per heavy atom. The Balaban J connectivity index is 2.04. The molecule has 0 bridgehead atoms. The van der Waals surface area contributed by atoms with Crippen LogP contribution in [-0.2, 0) is 11.3 Å². The summed E-state index contributed by atoms with van der Waals surface area (Å²) in [7, 11) is 1.53. The molecule has 1 heterocycles. The second-order valence-electron chi connectivity index (χ2n) is 4.87. The van der Waals surface area contributed by atoms with Crippen molar-refractivity contribution in [2.75, 3.05) is 26.1 Å². The lowest BCUT2D eigenvalue weighted by molar-refractivity contribution is -0.0691. The van der Waals surface area contributed by atoms with Gasteiger partial charge in [-0.3, -0.25) is 4.90 Å². The van der Waals surface area contributed by atoms with Crippen LogP contribution in [0.5, 0.6) is 5.75 Å². The van der Waals surface area contributed by atoms with Gasteiger partial charge < -0.3 is 9.47 Å². The van der Waals surface area contributed by atoms with E-state index in [1.807, 2.05) is 6.92 Å². The van der Waals surface area contributed by atoms with Gasteiger partial charge in [0.15, 0.2) is 0 Å². The molecule has 0 aromatic heterocycles. The van der Waals surface area contributed by atoms with Gasteiger partial charge in [0.2, 0.25) is 0 Å². The Hall–Kier alpha value is -0.840. The molecule has 2 unspecified atom stereocenters. The van der Waals surface area contributed by atoms with Crippen LogP contribution in [0.3, 0.4) is 0 Å². The molecule has 1 aromatic rings. The molecule has 0 aliphatic carbocycles. The maximum atomic E-state index is 13.9. The van der Waals surface area contributed by atoms with Crippen molar-refractivity contribution in [3.63, 3.8) is 0 Å². The number of hydrogen-bond acceptors (Lipinski definition) is 3. The zero-order valence-corrected chi connectivity index (χ0v) is 12.0. The quantitative estimate of drug-likeness (QED) is 0.795. The van der Waals surface area contributed by atoms with Crippen molar-refractivity contribution >= 4 is 11.6 Å². The van der Waals surface area contributed by atoms with E-state index in [9.17, 15) is 4.39 Å². The van der Waals surface area contributed by atoms with Crippen molar-refractivity contribution in [3.8, 4) is 5.75 Å². The van der Waals surface area contributed by atoms with E-state index in [2.05, 4.69) is 4.90 Å². The van der Waals surface area contributed by atoms with Crippen molar-refractivity contribution in [3.05, 3.63) is 29.6 Å². The third-order valence-electron chi connectivity index (χ3n) is 3.23. The highest BCUT2D eigenvalue weighted by Gasteiger charge is 2.25. The van der Waals surface area contributed by atoms with Crippen LogP contribution in [-0.4, -0.2) is 43.2 Å². The topological polar surface area (TPSA) is 21.7 Å². The molecule has 2 atom stereocenters. The summed E-state index contributed by atoms with van der Waals surface area (Å²) in [4.78, 5) is 2.17. The van der Waals surface area contributed by atoms with Gasteiger partial charge in [0.05, 0.1) is 19.3 Å². The number of benzene rings is 1. The fraction of sp³-hybridized carbons (Fsp3) is 0.571. The predicted molar refractivity (Wildman–Crippen MR) is 73.3 cm³/mol. The number of halogens is 2. The molecule has 0 spiro atoms. The minimum Gasteiger partial charge on any atom is -0.497 e. The first kappa shape index (κ1) is 14.6. The second-order valence-corrected chi connectivity index (χ2v) is 5.18. The SMILES string of the molecule is COc1ccc(CN2CC(C)OC(CCl)C2)c(F)c1. The number of rotatable bonds is 4. The highest BCUT2D eigenvalue weighted by molar-refractivity contribution is 6.18. The molecular formula is C14H19ClFNO2. The van der Waals surface area contributed by atoms with Crippen LogP contribution in [0.1, 0.15) is 12.5 Å². The maximum Gasteiger partial charge on any atom is 0.131 e. The minimum absolute atomic E-state index is 0.0201. The van der Waals surface area contributed by atoms with Crippen molar-refractivity contribution in [1.29, 1.82) is 0 Å². The summed E-state index contributed by atoms with van der Waals surface area (Å²) < 4.78 is 24.6. The second kappa shape index (κ2) is 6.55. The molecule has 0 amide bonds. The van der Waals surface area contributed by atoms with Gasteiger partial charge in [-0.15, -0.1) is 11.6 Å². The standard InChI is InChI=1S/C14H19ClFNO2/c1-10-7-17(9-13(6-15)19-10)8-11-3-4-12(18-2)5-14(11)16/h3-5,10,13H,6-9H2,1-2H3. The molecule has 1 aliphatic heterocycles. The first-order chi connectivity index (χ1) is 9.12. The molecule has 19 heavy (non-hydrogen) atoms. The minimum atomic E-state index is -0.235. The van der Waals surface area contributed by atoms with Gasteiger partial charge in [0, 0.05) is 37.1 Å². The highest BCUT2D eigenvalue weighted by atomic mass is 35.5. The number of morpholine rings is 1. The van der Waals surface area contributed by atoms with Gasteiger partial charge >= 0.3 is 0 Å². The summed E-state index contributed by atoms with van der Waals surface area (Å²) in [5, 5.41) is 0. The van der Waals surface area contributed by atoms with E-state index in [4.69, 9.17) is 21.1 Å². The third kappa shape index (κ3) is 3.81. The molecule has 0 radical (unpaired) electrons. The molecule has 106 valence electrons. The Kier molecular flexibility index (Phi) is 5.02. The largest absolute Gasteiger partial charge is 0.497 e. The van der Waals surface area contributed by atoms with E-state index < -0.39 is 0 Å². The van der Waals surface area contributed by atoms with E-state index in [1.54, 1.807) is 12.1 Å². The van der Waals surface area contributed by atoms with Gasteiger partial charge in [-0.25, -0.2) is 4.39 Å². The van der Waals surface area contributed by atoms with E-state index >= 15 is 0 Å². The van der Waals surface area contributed by atoms with Crippen LogP contribution in [0, 0.1) is 5.82 Å².